The molecule has 0 aromatic heterocycles. The summed E-state index contributed by atoms with van der Waals surface area (Å²) in [6, 6.07) is 10.6. The number of piperidine rings is 1. The van der Waals surface area contributed by atoms with Gasteiger partial charge in [-0.15, -0.1) is 12.4 Å². The van der Waals surface area contributed by atoms with Crippen LogP contribution >= 0.6 is 12.4 Å². The Hall–Kier alpha value is -1.10. The van der Waals surface area contributed by atoms with E-state index in [9.17, 15) is 4.79 Å². The van der Waals surface area contributed by atoms with E-state index in [2.05, 4.69) is 24.4 Å². The zero-order valence-corrected chi connectivity index (χ0v) is 14.8. The molecule has 5 heteroatoms. The highest BCUT2D eigenvalue weighted by Gasteiger charge is 2.24. The van der Waals surface area contributed by atoms with Crippen LogP contribution in [0.5, 0.6) is 0 Å². The van der Waals surface area contributed by atoms with E-state index in [-0.39, 0.29) is 24.9 Å². The lowest BCUT2D eigenvalue weighted by Gasteiger charge is -2.34. The monoisotopic (exact) mass is 340 g/mol. The number of ether oxygens (including phenoxy) is 1. The zero-order chi connectivity index (χ0) is 15.6. The van der Waals surface area contributed by atoms with Crippen LogP contribution < -0.4 is 5.32 Å². The summed E-state index contributed by atoms with van der Waals surface area (Å²) in [7, 11) is 0. The molecule has 4 nitrogen and oxygen atoms in total. The number of benzene rings is 1. The summed E-state index contributed by atoms with van der Waals surface area (Å²) in [6.07, 6.45) is 3.96. The quantitative estimate of drug-likeness (QED) is 0.740. The number of hydrogen-bond donors (Lipinski definition) is 1. The molecule has 0 radical (unpaired) electrons. The third-order valence-electron chi connectivity index (χ3n) is 4.14. The molecule has 1 aromatic carbocycles. The van der Waals surface area contributed by atoms with Crippen LogP contribution in [-0.4, -0.2) is 49.7 Å². The lowest BCUT2D eigenvalue weighted by molar-refractivity contribution is -0.139. The molecule has 0 aliphatic carbocycles. The van der Waals surface area contributed by atoms with E-state index < -0.39 is 0 Å². The molecule has 0 unspecified atom stereocenters. The molecule has 1 aliphatic heterocycles. The number of amides is 1. The van der Waals surface area contributed by atoms with Gasteiger partial charge in [0.15, 0.2) is 0 Å². The van der Waals surface area contributed by atoms with E-state index >= 15 is 0 Å². The summed E-state index contributed by atoms with van der Waals surface area (Å²) in [6.45, 7) is 5.78. The molecular formula is C18H29ClN2O2. The van der Waals surface area contributed by atoms with Gasteiger partial charge in [0.25, 0.3) is 0 Å². The van der Waals surface area contributed by atoms with Crippen LogP contribution in [0, 0.1) is 0 Å². The van der Waals surface area contributed by atoms with E-state index in [1.807, 2.05) is 23.1 Å². The molecule has 1 heterocycles. The number of carbonyl (C=O) groups is 1. The second-order valence-corrected chi connectivity index (χ2v) is 5.86. The van der Waals surface area contributed by atoms with Crippen LogP contribution in [0.4, 0.5) is 0 Å². The molecule has 23 heavy (non-hydrogen) atoms. The van der Waals surface area contributed by atoms with Gasteiger partial charge >= 0.3 is 0 Å². The minimum Gasteiger partial charge on any atom is -0.371 e. The van der Waals surface area contributed by atoms with Gasteiger partial charge in [0.2, 0.25) is 5.91 Å². The molecule has 0 atom stereocenters. The molecule has 1 N–H and O–H groups in total. The molecule has 1 aromatic rings. The molecule has 0 bridgehead atoms. The van der Waals surface area contributed by atoms with E-state index in [4.69, 9.17) is 4.74 Å². The molecular weight excluding hydrogens is 312 g/mol. The summed E-state index contributed by atoms with van der Waals surface area (Å²) in [5.41, 5.74) is 1.25. The van der Waals surface area contributed by atoms with Crippen LogP contribution in [0.25, 0.3) is 0 Å². The average molecular weight is 341 g/mol. The number of carbonyl (C=O) groups excluding carboxylic acids is 1. The second-order valence-electron chi connectivity index (χ2n) is 5.86. The van der Waals surface area contributed by atoms with E-state index in [1.165, 1.54) is 5.56 Å². The molecule has 2 rings (SSSR count). The van der Waals surface area contributed by atoms with Crippen LogP contribution in [0.3, 0.4) is 0 Å². The molecule has 130 valence electrons. The predicted molar refractivity (Wildman–Crippen MR) is 96.1 cm³/mol. The maximum Gasteiger partial charge on any atom is 0.248 e. The van der Waals surface area contributed by atoms with Crippen molar-refractivity contribution < 1.29 is 9.53 Å². The van der Waals surface area contributed by atoms with E-state index in [0.29, 0.717) is 12.6 Å². The lowest BCUT2D eigenvalue weighted by atomic mass is 10.0. The zero-order valence-electron chi connectivity index (χ0n) is 14.0. The van der Waals surface area contributed by atoms with Crippen molar-refractivity contribution in [1.82, 2.24) is 10.2 Å². The SMILES string of the molecule is CCCN(C(=O)COCCc1ccccc1)C1CCNCC1.Cl. The van der Waals surface area contributed by atoms with Crippen molar-refractivity contribution in [3.8, 4) is 0 Å². The largest absolute Gasteiger partial charge is 0.371 e. The van der Waals surface area contributed by atoms with Gasteiger partial charge in [-0.1, -0.05) is 37.3 Å². The Labute approximate surface area is 146 Å². The molecule has 1 saturated heterocycles. The van der Waals surface area contributed by atoms with E-state index in [0.717, 1.165) is 45.3 Å². The summed E-state index contributed by atoms with van der Waals surface area (Å²) in [5, 5.41) is 3.35. The highest BCUT2D eigenvalue weighted by Crippen LogP contribution is 2.13. The summed E-state index contributed by atoms with van der Waals surface area (Å²) >= 11 is 0. The van der Waals surface area contributed by atoms with Crippen molar-refractivity contribution in [3.05, 3.63) is 35.9 Å². The highest BCUT2D eigenvalue weighted by atomic mass is 35.5. The van der Waals surface area contributed by atoms with Crippen molar-refractivity contribution >= 4 is 18.3 Å². The van der Waals surface area contributed by atoms with Gasteiger partial charge in [0.1, 0.15) is 6.61 Å². The summed E-state index contributed by atoms with van der Waals surface area (Å²) in [5.74, 6) is 0.141. The van der Waals surface area contributed by atoms with Crippen LogP contribution in [-0.2, 0) is 16.0 Å². The fourth-order valence-corrected chi connectivity index (χ4v) is 2.95. The van der Waals surface area contributed by atoms with Crippen molar-refractivity contribution in [3.63, 3.8) is 0 Å². The smallest absolute Gasteiger partial charge is 0.248 e. The van der Waals surface area contributed by atoms with Gasteiger partial charge in [0, 0.05) is 12.6 Å². The molecule has 1 amide bonds. The summed E-state index contributed by atoms with van der Waals surface area (Å²) in [4.78, 5) is 14.5. The molecule has 1 aliphatic rings. The molecule has 1 fully saturated rings. The van der Waals surface area contributed by atoms with Crippen LogP contribution in [0.1, 0.15) is 31.7 Å². The Bertz CT molecular complexity index is 436. The third-order valence-corrected chi connectivity index (χ3v) is 4.14. The first-order valence-electron chi connectivity index (χ1n) is 8.43. The number of halogens is 1. The van der Waals surface area contributed by atoms with Crippen LogP contribution in [0.15, 0.2) is 30.3 Å². The number of rotatable bonds is 8. The minimum absolute atomic E-state index is 0. The fraction of sp³-hybridized carbons (Fsp3) is 0.611. The molecule has 0 spiro atoms. The average Bonchev–Trinajstić information content (AvgIpc) is 2.58. The Morgan fingerprint density at radius 1 is 1.26 bits per heavy atom. The normalized spacial score (nSPS) is 15.0. The minimum atomic E-state index is 0. The lowest BCUT2D eigenvalue weighted by Crippen LogP contribution is -2.47. The van der Waals surface area contributed by atoms with Crippen molar-refractivity contribution in [2.24, 2.45) is 0 Å². The van der Waals surface area contributed by atoms with Gasteiger partial charge in [0.05, 0.1) is 6.61 Å². The first kappa shape index (κ1) is 19.9. The standard InChI is InChI=1S/C18H28N2O2.ClH/c1-2-13-20(17-8-11-19-12-9-17)18(21)15-22-14-10-16-6-4-3-5-7-16;/h3-7,17,19H,2,8-15H2,1H3;1H. The molecule has 0 saturated carbocycles. The van der Waals surface area contributed by atoms with Gasteiger partial charge in [-0.3, -0.25) is 4.79 Å². The maximum atomic E-state index is 12.4. The topological polar surface area (TPSA) is 41.6 Å². The number of hydrogen-bond acceptors (Lipinski definition) is 3. The van der Waals surface area contributed by atoms with Gasteiger partial charge in [-0.05, 0) is 44.3 Å². The summed E-state index contributed by atoms with van der Waals surface area (Å²) < 4.78 is 5.61. The van der Waals surface area contributed by atoms with Gasteiger partial charge in [-0.25, -0.2) is 0 Å². The number of nitrogens with one attached hydrogen (secondary N) is 1. The predicted octanol–water partition coefficient (Wildman–Crippen LogP) is 2.66. The Kier molecular flexibility index (Phi) is 9.92. The first-order valence-corrected chi connectivity index (χ1v) is 8.43. The van der Waals surface area contributed by atoms with Crippen molar-refractivity contribution in [2.75, 3.05) is 32.8 Å². The first-order chi connectivity index (χ1) is 10.8. The van der Waals surface area contributed by atoms with Crippen molar-refractivity contribution in [2.45, 2.75) is 38.6 Å². The van der Waals surface area contributed by atoms with Gasteiger partial charge < -0.3 is 15.0 Å². The van der Waals surface area contributed by atoms with Crippen LogP contribution in [0.2, 0.25) is 0 Å². The van der Waals surface area contributed by atoms with E-state index in [1.54, 1.807) is 0 Å². The van der Waals surface area contributed by atoms with Crippen molar-refractivity contribution in [1.29, 1.82) is 0 Å². The second kappa shape index (κ2) is 11.4. The Morgan fingerprint density at radius 3 is 2.61 bits per heavy atom. The maximum absolute atomic E-state index is 12.4. The Balaban J connectivity index is 0.00000264. The fourth-order valence-electron chi connectivity index (χ4n) is 2.95. The number of nitrogens with zero attached hydrogens (tertiary/aromatic N) is 1. The Morgan fingerprint density at radius 2 is 1.96 bits per heavy atom. The third kappa shape index (κ3) is 6.90. The van der Waals surface area contributed by atoms with Gasteiger partial charge in [-0.2, -0.15) is 0 Å². The highest BCUT2D eigenvalue weighted by molar-refractivity contribution is 5.85.